The molecule has 6 nitrogen and oxygen atoms in total. The number of carboxylic acid groups (broad SMARTS) is 1. The molecular formula is C15H17NO5. The molecule has 6 heteroatoms. The van der Waals surface area contributed by atoms with E-state index in [1.54, 1.807) is 29.2 Å². The van der Waals surface area contributed by atoms with Crippen LogP contribution in [0.25, 0.3) is 6.08 Å². The summed E-state index contributed by atoms with van der Waals surface area (Å²) in [5.74, 6) is -1.23. The average Bonchev–Trinajstić information content (AvgIpc) is 2.52. The zero-order valence-electron chi connectivity index (χ0n) is 11.4. The number of hydrogen-bond donors (Lipinski definition) is 2. The van der Waals surface area contributed by atoms with Gasteiger partial charge in [-0.05, 0) is 23.8 Å². The number of hydrogen-bond acceptors (Lipinski definition) is 4. The first-order chi connectivity index (χ1) is 10.1. The van der Waals surface area contributed by atoms with Gasteiger partial charge in [0.2, 0.25) is 0 Å². The highest BCUT2D eigenvalue weighted by Crippen LogP contribution is 2.14. The Morgan fingerprint density at radius 2 is 2.24 bits per heavy atom. The topological polar surface area (TPSA) is 87.1 Å². The van der Waals surface area contributed by atoms with Gasteiger partial charge in [-0.25, -0.2) is 4.79 Å². The summed E-state index contributed by atoms with van der Waals surface area (Å²) in [6.45, 7) is 1.05. The summed E-state index contributed by atoms with van der Waals surface area (Å²) >= 11 is 0. The number of amides is 1. The van der Waals surface area contributed by atoms with Gasteiger partial charge >= 0.3 is 5.97 Å². The molecule has 1 aromatic rings. The van der Waals surface area contributed by atoms with Crippen LogP contribution in [0, 0.1) is 0 Å². The predicted molar refractivity (Wildman–Crippen MR) is 75.8 cm³/mol. The summed E-state index contributed by atoms with van der Waals surface area (Å²) in [5.41, 5.74) is 1.10. The summed E-state index contributed by atoms with van der Waals surface area (Å²) < 4.78 is 5.25. The molecule has 112 valence electrons. The van der Waals surface area contributed by atoms with Crippen LogP contribution in [0.1, 0.15) is 15.9 Å². The fourth-order valence-corrected chi connectivity index (χ4v) is 2.18. The molecule has 1 amide bonds. The molecule has 0 spiro atoms. The molecule has 0 radical (unpaired) electrons. The summed E-state index contributed by atoms with van der Waals surface area (Å²) in [6.07, 6.45) is 2.46. The first-order valence-electron chi connectivity index (χ1n) is 6.62. The van der Waals surface area contributed by atoms with E-state index in [1.165, 1.54) is 6.08 Å². The predicted octanol–water partition coefficient (Wildman–Crippen LogP) is 0.618. The van der Waals surface area contributed by atoms with E-state index in [1.807, 2.05) is 0 Å². The lowest BCUT2D eigenvalue weighted by Gasteiger charge is -2.34. The Balaban J connectivity index is 2.18. The average molecular weight is 291 g/mol. The quantitative estimate of drug-likeness (QED) is 0.794. The van der Waals surface area contributed by atoms with Gasteiger partial charge < -0.3 is 19.8 Å². The van der Waals surface area contributed by atoms with Gasteiger partial charge in [-0.3, -0.25) is 4.79 Å². The molecular weight excluding hydrogens is 274 g/mol. The molecule has 0 bridgehead atoms. The maximum Gasteiger partial charge on any atom is 0.328 e. The Labute approximate surface area is 122 Å². The van der Waals surface area contributed by atoms with Gasteiger partial charge in [-0.2, -0.15) is 0 Å². The zero-order valence-corrected chi connectivity index (χ0v) is 11.4. The fourth-order valence-electron chi connectivity index (χ4n) is 2.18. The van der Waals surface area contributed by atoms with E-state index in [0.29, 0.717) is 30.9 Å². The summed E-state index contributed by atoms with van der Waals surface area (Å²) in [4.78, 5) is 24.6. The Kier molecular flexibility index (Phi) is 5.08. The second kappa shape index (κ2) is 7.01. The minimum Gasteiger partial charge on any atom is -0.478 e. The normalized spacial score (nSPS) is 18.9. The van der Waals surface area contributed by atoms with Crippen LogP contribution >= 0.6 is 0 Å². The van der Waals surface area contributed by atoms with Crippen molar-refractivity contribution in [1.29, 1.82) is 0 Å². The van der Waals surface area contributed by atoms with E-state index in [9.17, 15) is 14.7 Å². The molecule has 1 heterocycles. The molecule has 2 rings (SSSR count). The van der Waals surface area contributed by atoms with E-state index < -0.39 is 5.97 Å². The molecule has 21 heavy (non-hydrogen) atoms. The number of ether oxygens (including phenoxy) is 1. The van der Waals surface area contributed by atoms with E-state index in [4.69, 9.17) is 9.84 Å². The SMILES string of the molecule is O=C(O)/C=C/c1cccc(C(=O)N2CCOCC2CO)c1. The summed E-state index contributed by atoms with van der Waals surface area (Å²) in [7, 11) is 0. The molecule has 1 aliphatic rings. The van der Waals surface area contributed by atoms with Crippen LogP contribution in [0.15, 0.2) is 30.3 Å². The van der Waals surface area contributed by atoms with Crippen molar-refractivity contribution < 1.29 is 24.5 Å². The molecule has 1 aliphatic heterocycles. The van der Waals surface area contributed by atoms with Crippen LogP contribution in [0.3, 0.4) is 0 Å². The molecule has 1 unspecified atom stereocenters. The van der Waals surface area contributed by atoms with Crippen molar-refractivity contribution >= 4 is 18.0 Å². The van der Waals surface area contributed by atoms with E-state index >= 15 is 0 Å². The highest BCUT2D eigenvalue weighted by molar-refractivity contribution is 5.95. The van der Waals surface area contributed by atoms with Crippen molar-refractivity contribution in [3.63, 3.8) is 0 Å². The summed E-state index contributed by atoms with van der Waals surface area (Å²) in [6, 6.07) is 6.38. The first-order valence-corrected chi connectivity index (χ1v) is 6.62. The maximum absolute atomic E-state index is 12.5. The Hall–Kier alpha value is -2.18. The van der Waals surface area contributed by atoms with E-state index in [2.05, 4.69) is 0 Å². The monoisotopic (exact) mass is 291 g/mol. The van der Waals surface area contributed by atoms with Crippen molar-refractivity contribution in [2.45, 2.75) is 6.04 Å². The lowest BCUT2D eigenvalue weighted by molar-refractivity contribution is -0.131. The third-order valence-corrected chi connectivity index (χ3v) is 3.25. The third kappa shape index (κ3) is 3.90. The van der Waals surface area contributed by atoms with Gasteiger partial charge in [-0.1, -0.05) is 12.1 Å². The molecule has 0 aliphatic carbocycles. The Morgan fingerprint density at radius 1 is 1.43 bits per heavy atom. The van der Waals surface area contributed by atoms with Gasteiger partial charge in [0.1, 0.15) is 0 Å². The minimum atomic E-state index is -1.04. The van der Waals surface area contributed by atoms with Crippen molar-refractivity contribution in [2.75, 3.05) is 26.4 Å². The van der Waals surface area contributed by atoms with Crippen molar-refractivity contribution in [3.8, 4) is 0 Å². The number of aliphatic hydroxyl groups excluding tert-OH is 1. The number of aliphatic hydroxyl groups is 1. The van der Waals surface area contributed by atoms with Gasteiger partial charge in [0.15, 0.2) is 0 Å². The smallest absolute Gasteiger partial charge is 0.328 e. The largest absolute Gasteiger partial charge is 0.478 e. The molecule has 1 fully saturated rings. The van der Waals surface area contributed by atoms with Crippen LogP contribution in [0.2, 0.25) is 0 Å². The maximum atomic E-state index is 12.5. The number of carboxylic acids is 1. The highest BCUT2D eigenvalue weighted by atomic mass is 16.5. The van der Waals surface area contributed by atoms with Crippen LogP contribution in [-0.4, -0.2) is 59.4 Å². The molecule has 1 atom stereocenters. The number of aliphatic carboxylic acids is 1. The molecule has 2 N–H and O–H groups in total. The molecule has 0 saturated carbocycles. The zero-order chi connectivity index (χ0) is 15.2. The molecule has 1 aromatic carbocycles. The molecule has 0 aromatic heterocycles. The number of carbonyl (C=O) groups excluding carboxylic acids is 1. The van der Waals surface area contributed by atoms with Gasteiger partial charge in [0.25, 0.3) is 5.91 Å². The van der Waals surface area contributed by atoms with Gasteiger partial charge in [-0.15, -0.1) is 0 Å². The second-order valence-electron chi connectivity index (χ2n) is 4.71. The van der Waals surface area contributed by atoms with Gasteiger partial charge in [0.05, 0.1) is 25.9 Å². The van der Waals surface area contributed by atoms with Crippen LogP contribution in [0.4, 0.5) is 0 Å². The van der Waals surface area contributed by atoms with E-state index in [-0.39, 0.29) is 18.6 Å². The number of nitrogens with zero attached hydrogens (tertiary/aromatic N) is 1. The van der Waals surface area contributed by atoms with Crippen molar-refractivity contribution in [1.82, 2.24) is 4.90 Å². The third-order valence-electron chi connectivity index (χ3n) is 3.25. The number of carbonyl (C=O) groups is 2. The van der Waals surface area contributed by atoms with Crippen molar-refractivity contribution in [3.05, 3.63) is 41.5 Å². The lowest BCUT2D eigenvalue weighted by Crippen LogP contribution is -2.50. The first kappa shape index (κ1) is 15.2. The lowest BCUT2D eigenvalue weighted by atomic mass is 10.1. The molecule has 1 saturated heterocycles. The number of benzene rings is 1. The van der Waals surface area contributed by atoms with Crippen LogP contribution in [0.5, 0.6) is 0 Å². The van der Waals surface area contributed by atoms with Gasteiger partial charge in [0, 0.05) is 18.2 Å². The van der Waals surface area contributed by atoms with E-state index in [0.717, 1.165) is 6.08 Å². The second-order valence-corrected chi connectivity index (χ2v) is 4.71. The highest BCUT2D eigenvalue weighted by Gasteiger charge is 2.27. The minimum absolute atomic E-state index is 0.148. The number of rotatable bonds is 4. The Morgan fingerprint density at radius 3 is 2.95 bits per heavy atom. The number of morpholine rings is 1. The Bertz CT molecular complexity index is 555. The standard InChI is InChI=1S/C15H17NO5/c17-9-13-10-21-7-6-16(13)15(20)12-3-1-2-11(8-12)4-5-14(18)19/h1-5,8,13,17H,6-7,9-10H2,(H,18,19)/b5-4+. The fraction of sp³-hybridized carbons (Fsp3) is 0.333. The van der Waals surface area contributed by atoms with Crippen molar-refractivity contribution in [2.24, 2.45) is 0 Å². The van der Waals surface area contributed by atoms with Crippen LogP contribution < -0.4 is 0 Å². The van der Waals surface area contributed by atoms with Crippen LogP contribution in [-0.2, 0) is 9.53 Å². The summed E-state index contributed by atoms with van der Waals surface area (Å²) in [5, 5.41) is 17.9.